The Morgan fingerprint density at radius 2 is 1.96 bits per heavy atom. The van der Waals surface area contributed by atoms with Crippen LogP contribution in [0.5, 0.6) is 0 Å². The maximum absolute atomic E-state index is 12.5. The van der Waals surface area contributed by atoms with Gasteiger partial charge in [0.15, 0.2) is 5.13 Å². The van der Waals surface area contributed by atoms with E-state index in [1.54, 1.807) is 35.6 Å². The third kappa shape index (κ3) is 5.07. The molecule has 7 heteroatoms. The van der Waals surface area contributed by atoms with Gasteiger partial charge in [-0.15, -0.1) is 11.3 Å². The number of anilines is 2. The van der Waals surface area contributed by atoms with Crippen molar-refractivity contribution in [3.63, 3.8) is 0 Å². The number of hydrogen-bond donors (Lipinski definition) is 3. The maximum atomic E-state index is 12.5. The van der Waals surface area contributed by atoms with Gasteiger partial charge in [0.2, 0.25) is 0 Å². The molecule has 144 valence electrons. The van der Waals surface area contributed by atoms with Crippen molar-refractivity contribution < 1.29 is 9.59 Å². The van der Waals surface area contributed by atoms with Gasteiger partial charge in [-0.05, 0) is 63.3 Å². The first-order chi connectivity index (χ1) is 12.9. The highest BCUT2D eigenvalue weighted by atomic mass is 32.1. The number of nitrogens with zero attached hydrogens (tertiary/aromatic N) is 1. The molecule has 1 atom stereocenters. The molecule has 2 aromatic rings. The van der Waals surface area contributed by atoms with Crippen LogP contribution in [0.15, 0.2) is 24.3 Å². The molecule has 3 rings (SSSR count). The topological polar surface area (TPSA) is 83.1 Å². The zero-order chi connectivity index (χ0) is 19.4. The summed E-state index contributed by atoms with van der Waals surface area (Å²) in [6, 6.07) is 6.62. The lowest BCUT2D eigenvalue weighted by Gasteiger charge is -2.18. The molecule has 1 aromatic heterocycles. The molecule has 0 fully saturated rings. The summed E-state index contributed by atoms with van der Waals surface area (Å²) in [4.78, 5) is 30.1. The average Bonchev–Trinajstić information content (AvgIpc) is 3.02. The zero-order valence-corrected chi connectivity index (χ0v) is 16.8. The van der Waals surface area contributed by atoms with Gasteiger partial charge in [0.25, 0.3) is 5.91 Å². The standard InChI is InChI=1S/C20H26N4O2S/c1-4-13-5-10-16-17(11-13)27-20(23-16)24-18(25)14-6-8-15(9-7-14)22-19(26)21-12(2)3/h6-9,12-13H,4-5,10-11H2,1-3H3,(H2,21,22,26)(H,23,24,25). The Bertz CT molecular complexity index is 814. The van der Waals surface area contributed by atoms with Gasteiger partial charge in [-0.3, -0.25) is 10.1 Å². The minimum atomic E-state index is -0.263. The molecule has 1 aliphatic rings. The number of nitrogens with one attached hydrogen (secondary N) is 3. The van der Waals surface area contributed by atoms with E-state index < -0.39 is 0 Å². The summed E-state index contributed by atoms with van der Waals surface area (Å²) in [6.45, 7) is 6.02. The van der Waals surface area contributed by atoms with E-state index in [1.165, 1.54) is 17.7 Å². The third-order valence-corrected chi connectivity index (χ3v) is 5.70. The van der Waals surface area contributed by atoms with Crippen LogP contribution in [-0.2, 0) is 12.8 Å². The number of aromatic nitrogens is 1. The molecular formula is C20H26N4O2S. The number of rotatable bonds is 5. The Morgan fingerprint density at radius 1 is 1.22 bits per heavy atom. The van der Waals surface area contributed by atoms with Gasteiger partial charge in [0.05, 0.1) is 5.69 Å². The SMILES string of the molecule is CCC1CCc2nc(NC(=O)c3ccc(NC(=O)NC(C)C)cc3)sc2C1. The lowest BCUT2D eigenvalue weighted by molar-refractivity contribution is 0.102. The second-order valence-electron chi connectivity index (χ2n) is 7.19. The summed E-state index contributed by atoms with van der Waals surface area (Å²) < 4.78 is 0. The molecule has 0 aliphatic heterocycles. The molecule has 0 spiro atoms. The minimum absolute atomic E-state index is 0.0618. The lowest BCUT2D eigenvalue weighted by Crippen LogP contribution is -2.34. The number of urea groups is 1. The highest BCUT2D eigenvalue weighted by Crippen LogP contribution is 2.33. The number of fused-ring (bicyclic) bond motifs is 1. The number of hydrogen-bond acceptors (Lipinski definition) is 4. The molecule has 1 unspecified atom stereocenters. The molecule has 1 heterocycles. The Hall–Kier alpha value is -2.41. The summed E-state index contributed by atoms with van der Waals surface area (Å²) in [5.41, 5.74) is 2.31. The second-order valence-corrected chi connectivity index (χ2v) is 8.27. The van der Waals surface area contributed by atoms with Gasteiger partial charge in [-0.1, -0.05) is 13.3 Å². The van der Waals surface area contributed by atoms with Crippen molar-refractivity contribution >= 4 is 34.1 Å². The largest absolute Gasteiger partial charge is 0.336 e. The molecule has 6 nitrogen and oxygen atoms in total. The van der Waals surface area contributed by atoms with Crippen molar-refractivity contribution in [2.24, 2.45) is 5.92 Å². The summed E-state index contributed by atoms with van der Waals surface area (Å²) in [5.74, 6) is 0.542. The quantitative estimate of drug-likeness (QED) is 0.710. The Kier molecular flexibility index (Phi) is 6.11. The van der Waals surface area contributed by atoms with Gasteiger partial charge in [0, 0.05) is 22.2 Å². The van der Waals surface area contributed by atoms with Crippen LogP contribution in [0.1, 0.15) is 54.5 Å². The predicted octanol–water partition coefficient (Wildman–Crippen LogP) is 4.44. The smallest absolute Gasteiger partial charge is 0.319 e. The van der Waals surface area contributed by atoms with Crippen LogP contribution in [-0.4, -0.2) is 23.0 Å². The number of thiazole rings is 1. The van der Waals surface area contributed by atoms with E-state index in [4.69, 9.17) is 0 Å². The Morgan fingerprint density at radius 3 is 2.63 bits per heavy atom. The first-order valence-corrected chi connectivity index (χ1v) is 10.2. The van der Waals surface area contributed by atoms with Gasteiger partial charge >= 0.3 is 6.03 Å². The molecule has 1 aromatic carbocycles. The molecule has 1 aliphatic carbocycles. The Balaban J connectivity index is 1.60. The predicted molar refractivity (Wildman–Crippen MR) is 110 cm³/mol. The normalized spacial score (nSPS) is 15.9. The number of aryl methyl sites for hydroxylation is 1. The van der Waals surface area contributed by atoms with Crippen molar-refractivity contribution in [2.45, 2.75) is 52.5 Å². The molecule has 27 heavy (non-hydrogen) atoms. The highest BCUT2D eigenvalue weighted by molar-refractivity contribution is 7.15. The first kappa shape index (κ1) is 19.4. The zero-order valence-electron chi connectivity index (χ0n) is 16.0. The van der Waals surface area contributed by atoms with Crippen molar-refractivity contribution in [3.8, 4) is 0 Å². The second kappa shape index (κ2) is 8.52. The van der Waals surface area contributed by atoms with Crippen LogP contribution >= 0.6 is 11.3 Å². The van der Waals surface area contributed by atoms with E-state index in [0.717, 1.165) is 24.5 Å². The molecule has 0 radical (unpaired) electrons. The Labute approximate surface area is 163 Å². The number of benzene rings is 1. The third-order valence-electron chi connectivity index (χ3n) is 4.66. The molecule has 3 N–H and O–H groups in total. The van der Waals surface area contributed by atoms with Gasteiger partial charge in [-0.2, -0.15) is 0 Å². The summed E-state index contributed by atoms with van der Waals surface area (Å²) >= 11 is 1.59. The van der Waals surface area contributed by atoms with Crippen molar-refractivity contribution in [3.05, 3.63) is 40.4 Å². The molecular weight excluding hydrogens is 360 g/mol. The van der Waals surface area contributed by atoms with E-state index in [-0.39, 0.29) is 18.0 Å². The summed E-state index contributed by atoms with van der Waals surface area (Å²) in [7, 11) is 0. The van der Waals surface area contributed by atoms with E-state index in [9.17, 15) is 9.59 Å². The molecule has 0 saturated carbocycles. The monoisotopic (exact) mass is 386 g/mol. The number of amides is 3. The maximum Gasteiger partial charge on any atom is 0.319 e. The van der Waals surface area contributed by atoms with Crippen molar-refractivity contribution in [1.82, 2.24) is 10.3 Å². The van der Waals surface area contributed by atoms with E-state index in [0.29, 0.717) is 16.4 Å². The molecule has 0 bridgehead atoms. The fourth-order valence-electron chi connectivity index (χ4n) is 3.15. The fourth-order valence-corrected chi connectivity index (χ4v) is 4.27. The van der Waals surface area contributed by atoms with Crippen LogP contribution in [0.4, 0.5) is 15.6 Å². The van der Waals surface area contributed by atoms with Gasteiger partial charge < -0.3 is 10.6 Å². The van der Waals surface area contributed by atoms with E-state index in [1.807, 2.05) is 13.8 Å². The van der Waals surface area contributed by atoms with Crippen molar-refractivity contribution in [2.75, 3.05) is 10.6 Å². The first-order valence-electron chi connectivity index (χ1n) is 9.42. The highest BCUT2D eigenvalue weighted by Gasteiger charge is 2.22. The van der Waals surface area contributed by atoms with Gasteiger partial charge in [-0.25, -0.2) is 9.78 Å². The fraction of sp³-hybridized carbons (Fsp3) is 0.450. The van der Waals surface area contributed by atoms with E-state index in [2.05, 4.69) is 27.9 Å². The number of carbonyl (C=O) groups is 2. The lowest BCUT2D eigenvalue weighted by atomic mass is 9.89. The molecule has 3 amide bonds. The van der Waals surface area contributed by atoms with Crippen LogP contribution in [0.3, 0.4) is 0 Å². The van der Waals surface area contributed by atoms with Crippen molar-refractivity contribution in [1.29, 1.82) is 0 Å². The summed E-state index contributed by atoms with van der Waals surface area (Å²) in [6.07, 6.45) is 4.44. The van der Waals surface area contributed by atoms with Crippen LogP contribution in [0.25, 0.3) is 0 Å². The minimum Gasteiger partial charge on any atom is -0.336 e. The van der Waals surface area contributed by atoms with E-state index >= 15 is 0 Å². The van der Waals surface area contributed by atoms with Crippen LogP contribution in [0.2, 0.25) is 0 Å². The average molecular weight is 387 g/mol. The van der Waals surface area contributed by atoms with Gasteiger partial charge in [0.1, 0.15) is 0 Å². The van der Waals surface area contributed by atoms with Crippen LogP contribution in [0, 0.1) is 5.92 Å². The number of carbonyl (C=O) groups excluding carboxylic acids is 2. The van der Waals surface area contributed by atoms with Crippen LogP contribution < -0.4 is 16.0 Å². The molecule has 0 saturated heterocycles. The summed E-state index contributed by atoms with van der Waals surface area (Å²) in [5, 5.41) is 9.07.